The number of benzene rings is 1. The lowest BCUT2D eigenvalue weighted by atomic mass is 9.90. The first-order valence-electron chi connectivity index (χ1n) is 17.4. The van der Waals surface area contributed by atoms with Crippen molar-refractivity contribution in [3.05, 3.63) is 87.5 Å². The lowest BCUT2D eigenvalue weighted by Crippen LogP contribution is -2.56. The normalized spacial score (nSPS) is 17.4. The van der Waals surface area contributed by atoms with Crippen LogP contribution in [0, 0.1) is 18.2 Å². The summed E-state index contributed by atoms with van der Waals surface area (Å²) in [5.41, 5.74) is 6.20. The van der Waals surface area contributed by atoms with Gasteiger partial charge in [0.1, 0.15) is 17.3 Å². The Hall–Kier alpha value is -4.52. The van der Waals surface area contributed by atoms with Crippen molar-refractivity contribution >= 4 is 29.3 Å². The van der Waals surface area contributed by atoms with Crippen LogP contribution in [0.25, 0.3) is 11.1 Å². The number of nitrogens with zero attached hydrogens (tertiary/aromatic N) is 6. The van der Waals surface area contributed by atoms with Gasteiger partial charge in [0, 0.05) is 92.5 Å². The molecule has 264 valence electrons. The number of anilines is 4. The quantitative estimate of drug-likeness (QED) is 0.226. The van der Waals surface area contributed by atoms with Crippen molar-refractivity contribution in [2.24, 2.45) is 12.5 Å². The predicted octanol–water partition coefficient (Wildman–Crippen LogP) is 4.24. The molecule has 0 bridgehead atoms. The molecular weight excluding hydrogens is 637 g/mol. The molecule has 0 atom stereocenters. The zero-order valence-electron chi connectivity index (χ0n) is 29.3. The summed E-state index contributed by atoms with van der Waals surface area (Å²) in [5.74, 6) is 0.159. The monoisotopic (exact) mass is 683 g/mol. The maximum Gasteiger partial charge on any atom is 0.274 e. The van der Waals surface area contributed by atoms with E-state index >= 15 is 4.39 Å². The van der Waals surface area contributed by atoms with Crippen LogP contribution in [0.4, 0.5) is 27.3 Å². The second kappa shape index (κ2) is 13.7. The molecule has 1 amide bonds. The number of fused-ring (bicyclic) bond motifs is 1. The third kappa shape index (κ3) is 6.43. The fourth-order valence-corrected chi connectivity index (χ4v) is 7.72. The third-order valence-corrected chi connectivity index (χ3v) is 10.6. The van der Waals surface area contributed by atoms with E-state index in [1.54, 1.807) is 38.5 Å². The Balaban J connectivity index is 1.09. The summed E-state index contributed by atoms with van der Waals surface area (Å²) in [5, 5.41) is 13.9. The lowest BCUT2D eigenvalue weighted by molar-refractivity contribution is -0.107. The van der Waals surface area contributed by atoms with E-state index in [4.69, 9.17) is 4.74 Å². The molecule has 0 spiro atoms. The molecule has 3 aliphatic rings. The van der Waals surface area contributed by atoms with Crippen molar-refractivity contribution in [3.63, 3.8) is 0 Å². The van der Waals surface area contributed by atoms with E-state index in [2.05, 4.69) is 46.1 Å². The summed E-state index contributed by atoms with van der Waals surface area (Å²) in [6.07, 6.45) is 5.47. The van der Waals surface area contributed by atoms with Gasteiger partial charge in [0.25, 0.3) is 5.56 Å². The fourth-order valence-electron chi connectivity index (χ4n) is 7.72. The van der Waals surface area contributed by atoms with E-state index in [-0.39, 0.29) is 29.9 Å². The van der Waals surface area contributed by atoms with Gasteiger partial charge >= 0.3 is 0 Å². The molecule has 4 aromatic rings. The van der Waals surface area contributed by atoms with Crippen LogP contribution in [0.5, 0.6) is 0 Å². The average molecular weight is 684 g/mol. The summed E-state index contributed by atoms with van der Waals surface area (Å²) in [7, 11) is 1.69. The molecule has 1 aromatic carbocycles. The number of nitrogens with one attached hydrogen (secondary N) is 1. The smallest absolute Gasteiger partial charge is 0.274 e. The van der Waals surface area contributed by atoms with E-state index in [1.807, 2.05) is 16.7 Å². The highest BCUT2D eigenvalue weighted by molar-refractivity contribution is 5.81. The highest BCUT2D eigenvalue weighted by Crippen LogP contribution is 2.40. The number of pyridine rings is 2. The Kier molecular flexibility index (Phi) is 9.27. The molecule has 2 aliphatic heterocycles. The molecule has 2 saturated heterocycles. The summed E-state index contributed by atoms with van der Waals surface area (Å²) in [6, 6.07) is 12.2. The minimum Gasteiger partial charge on any atom is -0.392 e. The number of halogens is 1. The first-order chi connectivity index (χ1) is 24.1. The number of rotatable bonds is 11. The molecule has 0 unspecified atom stereocenters. The molecule has 11 nitrogen and oxygen atoms in total. The second-order valence-corrected chi connectivity index (χ2v) is 14.6. The maximum atomic E-state index is 15.1. The van der Waals surface area contributed by atoms with Gasteiger partial charge in [-0.3, -0.25) is 19.4 Å². The van der Waals surface area contributed by atoms with Crippen LogP contribution in [-0.2, 0) is 42.6 Å². The number of carbonyl (C=O) groups excluding carboxylic acids is 1. The Bertz CT molecular complexity index is 1940. The Morgan fingerprint density at radius 2 is 1.86 bits per heavy atom. The van der Waals surface area contributed by atoms with Gasteiger partial charge in [-0.15, -0.1) is 0 Å². The first kappa shape index (κ1) is 34.0. The van der Waals surface area contributed by atoms with Crippen LogP contribution in [0.3, 0.4) is 0 Å². The lowest BCUT2D eigenvalue weighted by Gasteiger charge is -2.43. The Morgan fingerprint density at radius 1 is 1.12 bits per heavy atom. The van der Waals surface area contributed by atoms with E-state index < -0.39 is 0 Å². The van der Waals surface area contributed by atoms with Crippen LogP contribution in [0.1, 0.15) is 36.4 Å². The summed E-state index contributed by atoms with van der Waals surface area (Å²) in [6.45, 7) is 11.9. The molecule has 2 N–H and O–H groups in total. The van der Waals surface area contributed by atoms with Crippen LogP contribution >= 0.6 is 0 Å². The molecule has 2 fully saturated rings. The number of hydrogen-bond donors (Lipinski definition) is 2. The van der Waals surface area contributed by atoms with Crippen LogP contribution in [0.2, 0.25) is 0 Å². The van der Waals surface area contributed by atoms with Gasteiger partial charge in [0.05, 0.1) is 31.6 Å². The van der Waals surface area contributed by atoms with Gasteiger partial charge in [-0.1, -0.05) is 13.8 Å². The molecule has 12 heteroatoms. The number of aliphatic hydroxyl groups excluding tert-OH is 1. The third-order valence-electron chi connectivity index (χ3n) is 10.6. The van der Waals surface area contributed by atoms with Crippen molar-refractivity contribution in [2.75, 3.05) is 61.1 Å². The maximum absolute atomic E-state index is 15.1. The molecule has 1 aliphatic carbocycles. The molecule has 0 radical (unpaired) electrons. The van der Waals surface area contributed by atoms with Crippen molar-refractivity contribution in [2.45, 2.75) is 52.8 Å². The minimum absolute atomic E-state index is 0.0143. The van der Waals surface area contributed by atoms with E-state index in [0.717, 1.165) is 68.4 Å². The molecule has 50 heavy (non-hydrogen) atoms. The number of aryl methyl sites for hydroxylation is 1. The zero-order valence-corrected chi connectivity index (χ0v) is 29.3. The number of aromatic nitrogens is 3. The standard InChI is InChI=1S/C38H46FN7O4/c1-25-35(39)31-18-38(2,3)19-34(31)46(25)16-15-45(24-48)36-32(21-47)30(9-10-40-36)26-17-33(37(49)42(4)20-26)41-27-5-7-28(8-6-27)43-11-13-44(14-12-43)29-22-50-23-29/h5-10,17,20,24,29,41,47H,11-16,18-19,21-23H2,1-4H3. The van der Waals surface area contributed by atoms with Crippen LogP contribution in [-0.4, -0.2) is 82.5 Å². The van der Waals surface area contributed by atoms with Gasteiger partial charge in [-0.25, -0.2) is 9.37 Å². The summed E-state index contributed by atoms with van der Waals surface area (Å²) in [4.78, 5) is 36.6. The predicted molar refractivity (Wildman–Crippen MR) is 193 cm³/mol. The van der Waals surface area contributed by atoms with Gasteiger partial charge in [-0.2, -0.15) is 0 Å². The highest BCUT2D eigenvalue weighted by Gasteiger charge is 2.35. The van der Waals surface area contributed by atoms with Crippen molar-refractivity contribution < 1.29 is 19.0 Å². The average Bonchev–Trinajstić information content (AvgIpc) is 3.52. The topological polar surface area (TPSA) is 108 Å². The number of aliphatic hydroxyl groups is 1. The number of carbonyl (C=O) groups is 1. The number of hydrogen-bond acceptors (Lipinski definition) is 8. The molecule has 3 aromatic heterocycles. The number of ether oxygens (including phenoxy) is 1. The van der Waals surface area contributed by atoms with Crippen molar-refractivity contribution in [1.29, 1.82) is 0 Å². The van der Waals surface area contributed by atoms with Gasteiger partial charge in [0.2, 0.25) is 6.41 Å². The summed E-state index contributed by atoms with van der Waals surface area (Å²) < 4.78 is 24.0. The highest BCUT2D eigenvalue weighted by atomic mass is 19.1. The fraction of sp³-hybridized carbons (Fsp3) is 0.447. The van der Waals surface area contributed by atoms with Crippen LogP contribution < -0.4 is 20.7 Å². The largest absolute Gasteiger partial charge is 0.392 e. The summed E-state index contributed by atoms with van der Waals surface area (Å²) >= 11 is 0. The van der Waals surface area contributed by atoms with E-state index in [9.17, 15) is 14.7 Å². The Morgan fingerprint density at radius 3 is 2.52 bits per heavy atom. The Labute approximate surface area is 291 Å². The minimum atomic E-state index is -0.376. The number of amides is 1. The molecular formula is C38H46FN7O4. The van der Waals surface area contributed by atoms with Crippen molar-refractivity contribution in [1.82, 2.24) is 19.0 Å². The zero-order chi connectivity index (χ0) is 35.2. The number of piperazine rings is 1. The van der Waals surface area contributed by atoms with Crippen molar-refractivity contribution in [3.8, 4) is 11.1 Å². The molecule has 7 rings (SSSR count). The second-order valence-electron chi connectivity index (χ2n) is 14.6. The SMILES string of the molecule is Cc1c(F)c2c(n1CCN(C=O)c1nccc(-c3cc(Nc4ccc(N5CCN(C6COC6)CC5)cc4)c(=O)n(C)c3)c1CO)CC(C)(C)C2. The van der Waals surface area contributed by atoms with Gasteiger partial charge in [0.15, 0.2) is 0 Å². The van der Waals surface area contributed by atoms with E-state index in [0.29, 0.717) is 59.3 Å². The molecule has 0 saturated carbocycles. The van der Waals surface area contributed by atoms with Gasteiger partial charge < -0.3 is 29.2 Å². The van der Waals surface area contributed by atoms with E-state index in [1.165, 1.54) is 9.47 Å². The first-order valence-corrected chi connectivity index (χ1v) is 17.4. The molecule has 5 heterocycles. The van der Waals surface area contributed by atoms with Gasteiger partial charge in [-0.05, 0) is 67.1 Å². The van der Waals surface area contributed by atoms with Crippen LogP contribution in [0.15, 0.2) is 53.6 Å².